The molecule has 1 amide bonds. The van der Waals surface area contributed by atoms with Gasteiger partial charge in [0, 0.05) is 25.9 Å². The number of hydrogen-bond acceptors (Lipinski definition) is 5. The Kier molecular flexibility index (Phi) is 8.06. The minimum absolute atomic E-state index is 0.0245. The zero-order valence-electron chi connectivity index (χ0n) is 21.4. The molecule has 2 aromatic carbocycles. The predicted molar refractivity (Wildman–Crippen MR) is 139 cm³/mol. The first-order valence-corrected chi connectivity index (χ1v) is 13.0. The first-order valence-electron chi connectivity index (χ1n) is 13.0. The van der Waals surface area contributed by atoms with Crippen LogP contribution in [0.15, 0.2) is 60.7 Å². The van der Waals surface area contributed by atoms with Crippen molar-refractivity contribution in [1.82, 2.24) is 4.90 Å². The molecule has 0 radical (unpaired) electrons. The van der Waals surface area contributed by atoms with Gasteiger partial charge in [-0.15, -0.1) is 0 Å². The van der Waals surface area contributed by atoms with Crippen LogP contribution in [-0.4, -0.2) is 47.6 Å². The number of amides is 1. The maximum Gasteiger partial charge on any atom is 0.228 e. The lowest BCUT2D eigenvalue weighted by Gasteiger charge is -2.44. The highest BCUT2D eigenvalue weighted by molar-refractivity contribution is 5.93. The fraction of sp³-hybridized carbons (Fsp3) is 0.500. The highest BCUT2D eigenvalue weighted by atomic mass is 16.5. The lowest BCUT2D eigenvalue weighted by Crippen LogP contribution is -2.53. The zero-order chi connectivity index (χ0) is 25.8. The normalized spacial score (nSPS) is 23.1. The third kappa shape index (κ3) is 5.76. The Morgan fingerprint density at radius 3 is 2.44 bits per heavy atom. The van der Waals surface area contributed by atoms with Gasteiger partial charge in [0.05, 0.1) is 30.1 Å². The maximum absolute atomic E-state index is 13.8. The van der Waals surface area contributed by atoms with Gasteiger partial charge in [0.15, 0.2) is 5.78 Å². The number of hydrogen-bond donors (Lipinski definition) is 1. The van der Waals surface area contributed by atoms with Crippen molar-refractivity contribution in [2.45, 2.75) is 64.0 Å². The molecule has 0 bridgehead atoms. The first kappa shape index (κ1) is 26.2. The number of piperidine rings is 1. The van der Waals surface area contributed by atoms with E-state index in [2.05, 4.69) is 12.1 Å². The van der Waals surface area contributed by atoms with Crippen molar-refractivity contribution in [2.75, 3.05) is 19.7 Å². The van der Waals surface area contributed by atoms with Gasteiger partial charge in [0.2, 0.25) is 5.91 Å². The van der Waals surface area contributed by atoms with Crippen LogP contribution in [0, 0.1) is 11.3 Å². The average Bonchev–Trinajstić information content (AvgIpc) is 3.18. The van der Waals surface area contributed by atoms with Crippen LogP contribution < -0.4 is 5.73 Å². The van der Waals surface area contributed by atoms with Crippen molar-refractivity contribution >= 4 is 17.5 Å². The van der Waals surface area contributed by atoms with E-state index in [4.69, 9.17) is 10.5 Å². The first-order chi connectivity index (χ1) is 17.2. The fourth-order valence-corrected chi connectivity index (χ4v) is 5.81. The standard InChI is InChI=1S/C30H38N2O4/c1-29(2,31)27(34)18-24(20-36-19-22-10-5-3-6-11-22)28(35)32-17-9-16-30(21-32)25(14-15-26(30)33)23-12-7-4-8-13-23/h3-8,10-13,24-25H,9,14-21,31H2,1-2H3/t24-,25?,30?/m1/s1. The number of Topliss-reactive ketones (excluding diaryl/α,β-unsaturated/α-hetero) is 2. The molecule has 6 nitrogen and oxygen atoms in total. The molecular formula is C30H38N2O4. The van der Waals surface area contributed by atoms with Crippen LogP contribution in [0.1, 0.15) is 63.0 Å². The maximum atomic E-state index is 13.8. The van der Waals surface area contributed by atoms with Gasteiger partial charge in [-0.2, -0.15) is 0 Å². The summed E-state index contributed by atoms with van der Waals surface area (Å²) in [5.74, 6) is -0.559. The summed E-state index contributed by atoms with van der Waals surface area (Å²) in [4.78, 5) is 41.8. The molecule has 2 unspecified atom stereocenters. The van der Waals surface area contributed by atoms with Crippen molar-refractivity contribution in [2.24, 2.45) is 17.1 Å². The topological polar surface area (TPSA) is 89.7 Å². The van der Waals surface area contributed by atoms with Crippen molar-refractivity contribution in [3.8, 4) is 0 Å². The van der Waals surface area contributed by atoms with Gasteiger partial charge in [-0.05, 0) is 50.2 Å². The van der Waals surface area contributed by atoms with E-state index in [1.807, 2.05) is 53.4 Å². The lowest BCUT2D eigenvalue weighted by atomic mass is 9.68. The molecule has 2 N–H and O–H groups in total. The number of nitrogens with two attached hydrogens (primary N) is 1. The van der Waals surface area contributed by atoms with E-state index >= 15 is 0 Å². The summed E-state index contributed by atoms with van der Waals surface area (Å²) in [6, 6.07) is 19.9. The summed E-state index contributed by atoms with van der Waals surface area (Å²) < 4.78 is 5.93. The Bertz CT molecular complexity index is 1060. The number of ether oxygens (including phenoxy) is 1. The van der Waals surface area contributed by atoms with Crippen LogP contribution in [0.2, 0.25) is 0 Å². The SMILES string of the molecule is CC(C)(N)C(=O)C[C@H](COCc1ccccc1)C(=O)N1CCCC2(C1)C(=O)CCC2c1ccccc1. The molecule has 1 saturated heterocycles. The summed E-state index contributed by atoms with van der Waals surface area (Å²) in [6.45, 7) is 4.82. The molecule has 6 heteroatoms. The van der Waals surface area contributed by atoms with Crippen LogP contribution in [0.4, 0.5) is 0 Å². The molecule has 1 saturated carbocycles. The Morgan fingerprint density at radius 1 is 1.11 bits per heavy atom. The van der Waals surface area contributed by atoms with E-state index in [9.17, 15) is 14.4 Å². The number of carbonyl (C=O) groups is 3. The van der Waals surface area contributed by atoms with Crippen molar-refractivity contribution < 1.29 is 19.1 Å². The molecule has 192 valence electrons. The molecule has 2 aromatic rings. The van der Waals surface area contributed by atoms with E-state index < -0.39 is 16.9 Å². The van der Waals surface area contributed by atoms with E-state index in [1.54, 1.807) is 13.8 Å². The third-order valence-corrected chi connectivity index (χ3v) is 7.85. The number of rotatable bonds is 9. The molecular weight excluding hydrogens is 452 g/mol. The van der Waals surface area contributed by atoms with Crippen molar-refractivity contribution in [3.05, 3.63) is 71.8 Å². The van der Waals surface area contributed by atoms with Gasteiger partial charge < -0.3 is 15.4 Å². The minimum atomic E-state index is -1.03. The van der Waals surface area contributed by atoms with Gasteiger partial charge in [0.1, 0.15) is 5.78 Å². The molecule has 36 heavy (non-hydrogen) atoms. The Morgan fingerprint density at radius 2 is 1.78 bits per heavy atom. The van der Waals surface area contributed by atoms with Crippen LogP contribution >= 0.6 is 0 Å². The summed E-state index contributed by atoms with van der Waals surface area (Å²) >= 11 is 0. The minimum Gasteiger partial charge on any atom is -0.376 e. The second-order valence-corrected chi connectivity index (χ2v) is 11.0. The predicted octanol–water partition coefficient (Wildman–Crippen LogP) is 4.27. The Hall–Kier alpha value is -2.83. The molecule has 3 atom stereocenters. The zero-order valence-corrected chi connectivity index (χ0v) is 21.4. The molecule has 1 spiro atoms. The molecule has 2 fully saturated rings. The van der Waals surface area contributed by atoms with Crippen LogP contribution in [-0.2, 0) is 25.7 Å². The van der Waals surface area contributed by atoms with Gasteiger partial charge in [-0.1, -0.05) is 60.7 Å². The van der Waals surface area contributed by atoms with Crippen LogP contribution in [0.25, 0.3) is 0 Å². The van der Waals surface area contributed by atoms with Crippen molar-refractivity contribution in [3.63, 3.8) is 0 Å². The van der Waals surface area contributed by atoms with Crippen molar-refractivity contribution in [1.29, 1.82) is 0 Å². The lowest BCUT2D eigenvalue weighted by molar-refractivity contribution is -0.146. The van der Waals surface area contributed by atoms with Gasteiger partial charge in [0.25, 0.3) is 0 Å². The number of carbonyl (C=O) groups excluding carboxylic acids is 3. The Balaban J connectivity index is 1.52. The van der Waals surface area contributed by atoms with E-state index in [0.717, 1.165) is 24.8 Å². The second-order valence-electron chi connectivity index (χ2n) is 11.0. The molecule has 2 aliphatic rings. The summed E-state index contributed by atoms with van der Waals surface area (Å²) in [5.41, 5.74) is 6.66. The second kappa shape index (κ2) is 11.1. The molecule has 0 aromatic heterocycles. The fourth-order valence-electron chi connectivity index (χ4n) is 5.81. The smallest absolute Gasteiger partial charge is 0.228 e. The number of likely N-dealkylation sites (tertiary alicyclic amines) is 1. The summed E-state index contributed by atoms with van der Waals surface area (Å²) in [6.07, 6.45) is 2.95. The summed E-state index contributed by atoms with van der Waals surface area (Å²) in [5, 5.41) is 0. The van der Waals surface area contributed by atoms with E-state index in [-0.39, 0.29) is 36.4 Å². The van der Waals surface area contributed by atoms with Gasteiger partial charge in [-0.25, -0.2) is 0 Å². The molecule has 4 rings (SSSR count). The highest BCUT2D eigenvalue weighted by Gasteiger charge is 2.53. The monoisotopic (exact) mass is 490 g/mol. The quantitative estimate of drug-likeness (QED) is 0.567. The molecule has 1 aliphatic carbocycles. The molecule has 1 heterocycles. The third-order valence-electron chi connectivity index (χ3n) is 7.85. The average molecular weight is 491 g/mol. The highest BCUT2D eigenvalue weighted by Crippen LogP contribution is 2.52. The summed E-state index contributed by atoms with van der Waals surface area (Å²) in [7, 11) is 0. The van der Waals surface area contributed by atoms with Crippen LogP contribution in [0.3, 0.4) is 0 Å². The van der Waals surface area contributed by atoms with Crippen LogP contribution in [0.5, 0.6) is 0 Å². The number of benzene rings is 2. The van der Waals surface area contributed by atoms with E-state index in [1.165, 1.54) is 5.56 Å². The number of ketones is 2. The Labute approximate surface area is 214 Å². The van der Waals surface area contributed by atoms with E-state index in [0.29, 0.717) is 26.1 Å². The molecule has 1 aliphatic heterocycles. The van der Waals surface area contributed by atoms with Gasteiger partial charge >= 0.3 is 0 Å². The largest absolute Gasteiger partial charge is 0.376 e. The number of nitrogens with zero attached hydrogens (tertiary/aromatic N) is 1. The van der Waals surface area contributed by atoms with Gasteiger partial charge in [-0.3, -0.25) is 14.4 Å².